The van der Waals surface area contributed by atoms with Gasteiger partial charge in [-0.15, -0.1) is 0 Å². The highest BCUT2D eigenvalue weighted by Gasteiger charge is 2.16. The lowest BCUT2D eigenvalue weighted by molar-refractivity contribution is 0.474. The molecule has 2 aromatic rings. The number of anilines is 1. The van der Waals surface area contributed by atoms with E-state index >= 15 is 0 Å². The molecule has 5 nitrogen and oxygen atoms in total. The van der Waals surface area contributed by atoms with Crippen LogP contribution in [0.2, 0.25) is 0 Å². The molecule has 0 radical (unpaired) electrons. The number of rotatable bonds is 5. The largest absolute Gasteiger partial charge is 0.508 e. The van der Waals surface area contributed by atoms with E-state index in [0.29, 0.717) is 6.54 Å². The highest BCUT2D eigenvalue weighted by atomic mass is 32.2. The van der Waals surface area contributed by atoms with E-state index in [1.54, 1.807) is 42.5 Å². The average molecular weight is 306 g/mol. The van der Waals surface area contributed by atoms with Crippen molar-refractivity contribution in [2.75, 3.05) is 19.4 Å². The Morgan fingerprint density at radius 1 is 1.10 bits per heavy atom. The number of benzene rings is 2. The predicted molar refractivity (Wildman–Crippen MR) is 82.7 cm³/mol. The van der Waals surface area contributed by atoms with E-state index in [2.05, 4.69) is 5.32 Å². The maximum Gasteiger partial charge on any atom is 0.242 e. The molecule has 2 N–H and O–H groups in total. The van der Waals surface area contributed by atoms with Crippen LogP contribution in [-0.2, 0) is 16.6 Å². The second-order valence-electron chi connectivity index (χ2n) is 4.84. The van der Waals surface area contributed by atoms with Crippen molar-refractivity contribution in [3.8, 4) is 5.75 Å². The molecule has 0 aliphatic heterocycles. The first-order chi connectivity index (χ1) is 9.89. The lowest BCUT2D eigenvalue weighted by Gasteiger charge is -2.12. The minimum atomic E-state index is -3.39. The van der Waals surface area contributed by atoms with Gasteiger partial charge in [0, 0.05) is 26.3 Å². The van der Waals surface area contributed by atoms with Crippen molar-refractivity contribution in [3.05, 3.63) is 54.1 Å². The second kappa shape index (κ2) is 6.15. The summed E-state index contributed by atoms with van der Waals surface area (Å²) in [5.74, 6) is 0.224. The van der Waals surface area contributed by atoms with Crippen LogP contribution in [0.25, 0.3) is 0 Å². The van der Waals surface area contributed by atoms with Crippen molar-refractivity contribution in [3.63, 3.8) is 0 Å². The molecule has 0 amide bonds. The quantitative estimate of drug-likeness (QED) is 0.889. The van der Waals surface area contributed by atoms with Crippen LogP contribution in [0.3, 0.4) is 0 Å². The van der Waals surface area contributed by atoms with E-state index in [4.69, 9.17) is 0 Å². The van der Waals surface area contributed by atoms with Crippen molar-refractivity contribution < 1.29 is 13.5 Å². The smallest absolute Gasteiger partial charge is 0.242 e. The summed E-state index contributed by atoms with van der Waals surface area (Å²) in [6.45, 7) is 0.550. The molecule has 0 spiro atoms. The zero-order valence-electron chi connectivity index (χ0n) is 11.9. The van der Waals surface area contributed by atoms with Crippen LogP contribution in [-0.4, -0.2) is 31.9 Å². The van der Waals surface area contributed by atoms with E-state index in [9.17, 15) is 13.5 Å². The summed E-state index contributed by atoms with van der Waals surface area (Å²) in [5.41, 5.74) is 1.76. The Bertz CT molecular complexity index is 710. The Labute approximate surface area is 124 Å². The first-order valence-corrected chi connectivity index (χ1v) is 7.88. The zero-order valence-corrected chi connectivity index (χ0v) is 12.8. The van der Waals surface area contributed by atoms with Gasteiger partial charge in [-0.3, -0.25) is 0 Å². The minimum Gasteiger partial charge on any atom is -0.508 e. The van der Waals surface area contributed by atoms with E-state index < -0.39 is 10.0 Å². The molecule has 0 aliphatic carbocycles. The van der Waals surface area contributed by atoms with E-state index in [1.165, 1.54) is 18.4 Å². The van der Waals surface area contributed by atoms with Crippen LogP contribution >= 0.6 is 0 Å². The van der Waals surface area contributed by atoms with Gasteiger partial charge in [0.05, 0.1) is 4.90 Å². The molecular formula is C15H18N2O3S. The molecule has 0 atom stereocenters. The highest BCUT2D eigenvalue weighted by molar-refractivity contribution is 7.89. The zero-order chi connectivity index (χ0) is 15.5. The Hall–Kier alpha value is -2.05. The molecule has 0 saturated heterocycles. The van der Waals surface area contributed by atoms with Crippen molar-refractivity contribution in [1.29, 1.82) is 0 Å². The predicted octanol–water partition coefficient (Wildman–Crippen LogP) is 2.25. The number of sulfonamides is 1. The number of nitrogens with zero attached hydrogens (tertiary/aromatic N) is 1. The molecule has 6 heteroatoms. The van der Waals surface area contributed by atoms with Gasteiger partial charge in [0.2, 0.25) is 10.0 Å². The summed E-state index contributed by atoms with van der Waals surface area (Å²) in [7, 11) is -0.387. The Balaban J connectivity index is 2.07. The number of phenols is 1. The minimum absolute atomic E-state index is 0.224. The molecule has 0 aromatic heterocycles. The molecule has 0 fully saturated rings. The van der Waals surface area contributed by atoms with Crippen LogP contribution < -0.4 is 5.32 Å². The molecule has 0 aliphatic rings. The Morgan fingerprint density at radius 3 is 2.33 bits per heavy atom. The fourth-order valence-electron chi connectivity index (χ4n) is 1.83. The van der Waals surface area contributed by atoms with Crippen molar-refractivity contribution in [2.45, 2.75) is 11.4 Å². The molecule has 0 heterocycles. The van der Waals surface area contributed by atoms with Gasteiger partial charge in [-0.25, -0.2) is 12.7 Å². The maximum absolute atomic E-state index is 11.9. The first kappa shape index (κ1) is 15.3. The Kier molecular flexibility index (Phi) is 4.50. The maximum atomic E-state index is 11.9. The van der Waals surface area contributed by atoms with Gasteiger partial charge >= 0.3 is 0 Å². The molecule has 0 unspecified atom stereocenters. The third kappa shape index (κ3) is 3.74. The van der Waals surface area contributed by atoms with Gasteiger partial charge in [0.15, 0.2) is 0 Å². The SMILES string of the molecule is CN(C)S(=O)(=O)c1ccc(NCc2cccc(O)c2)cc1. The summed E-state index contributed by atoms with van der Waals surface area (Å²) in [6.07, 6.45) is 0. The first-order valence-electron chi connectivity index (χ1n) is 6.44. The summed E-state index contributed by atoms with van der Waals surface area (Å²) in [4.78, 5) is 0.260. The lowest BCUT2D eigenvalue weighted by atomic mass is 10.2. The second-order valence-corrected chi connectivity index (χ2v) is 6.99. The molecule has 2 rings (SSSR count). The van der Waals surface area contributed by atoms with Crippen LogP contribution in [0.5, 0.6) is 5.75 Å². The molecule has 21 heavy (non-hydrogen) atoms. The topological polar surface area (TPSA) is 69.6 Å². The third-order valence-corrected chi connectivity index (χ3v) is 4.87. The fraction of sp³-hybridized carbons (Fsp3) is 0.200. The normalized spacial score (nSPS) is 11.6. The molecule has 0 saturated carbocycles. The lowest BCUT2D eigenvalue weighted by Crippen LogP contribution is -2.22. The van der Waals surface area contributed by atoms with E-state index in [1.807, 2.05) is 6.07 Å². The standard InChI is InChI=1S/C15H18N2O3S/c1-17(2)21(19,20)15-8-6-13(7-9-15)16-11-12-4-3-5-14(18)10-12/h3-10,16,18H,11H2,1-2H3. The Morgan fingerprint density at radius 2 is 1.76 bits per heavy atom. The van der Waals surface area contributed by atoms with E-state index in [0.717, 1.165) is 11.3 Å². The molecular weight excluding hydrogens is 288 g/mol. The van der Waals surface area contributed by atoms with Gasteiger partial charge < -0.3 is 10.4 Å². The van der Waals surface area contributed by atoms with Crippen LogP contribution in [0.15, 0.2) is 53.4 Å². The summed E-state index contributed by atoms with van der Waals surface area (Å²) >= 11 is 0. The molecule has 0 bridgehead atoms. The van der Waals surface area contributed by atoms with Crippen LogP contribution in [0, 0.1) is 0 Å². The number of aromatic hydroxyl groups is 1. The summed E-state index contributed by atoms with van der Waals surface area (Å²) < 4.78 is 25.1. The monoisotopic (exact) mass is 306 g/mol. The fourth-order valence-corrected chi connectivity index (χ4v) is 2.73. The van der Waals surface area contributed by atoms with Crippen LogP contribution in [0.4, 0.5) is 5.69 Å². The van der Waals surface area contributed by atoms with E-state index in [-0.39, 0.29) is 10.6 Å². The van der Waals surface area contributed by atoms with Gasteiger partial charge in [-0.1, -0.05) is 12.1 Å². The highest BCUT2D eigenvalue weighted by Crippen LogP contribution is 2.18. The van der Waals surface area contributed by atoms with Gasteiger partial charge in [0.25, 0.3) is 0 Å². The van der Waals surface area contributed by atoms with Crippen molar-refractivity contribution in [1.82, 2.24) is 4.31 Å². The van der Waals surface area contributed by atoms with Crippen molar-refractivity contribution in [2.24, 2.45) is 0 Å². The number of nitrogens with one attached hydrogen (secondary N) is 1. The molecule has 2 aromatic carbocycles. The number of phenolic OH excluding ortho intramolecular Hbond substituents is 1. The third-order valence-electron chi connectivity index (χ3n) is 3.04. The van der Waals surface area contributed by atoms with Gasteiger partial charge in [-0.2, -0.15) is 0 Å². The number of hydrogen-bond donors (Lipinski definition) is 2. The van der Waals surface area contributed by atoms with Gasteiger partial charge in [-0.05, 0) is 42.0 Å². The van der Waals surface area contributed by atoms with Crippen molar-refractivity contribution >= 4 is 15.7 Å². The molecule has 112 valence electrons. The number of hydrogen-bond acceptors (Lipinski definition) is 4. The van der Waals surface area contributed by atoms with Crippen LogP contribution in [0.1, 0.15) is 5.56 Å². The average Bonchev–Trinajstić information content (AvgIpc) is 2.45. The van der Waals surface area contributed by atoms with Gasteiger partial charge in [0.1, 0.15) is 5.75 Å². The summed E-state index contributed by atoms with van der Waals surface area (Å²) in [6, 6.07) is 13.6. The summed E-state index contributed by atoms with van der Waals surface area (Å²) in [5, 5.41) is 12.6.